The lowest BCUT2D eigenvalue weighted by molar-refractivity contribution is -0.121. The zero-order chi connectivity index (χ0) is 13.4. The highest BCUT2D eigenvalue weighted by Gasteiger charge is 2.03. The number of benzene rings is 1. The number of nitrogens with one attached hydrogen (secondary N) is 1. The summed E-state index contributed by atoms with van der Waals surface area (Å²) in [5.41, 5.74) is 7.52. The summed E-state index contributed by atoms with van der Waals surface area (Å²) in [5, 5.41) is 3.55. The first-order valence-corrected chi connectivity index (χ1v) is 7.54. The predicted molar refractivity (Wildman–Crippen MR) is 79.8 cm³/mol. The van der Waals surface area contributed by atoms with Crippen molar-refractivity contribution in [2.45, 2.75) is 31.4 Å². The molecule has 0 bridgehead atoms. The number of carbonyl (C=O) groups is 1. The van der Waals surface area contributed by atoms with Crippen LogP contribution in [0.3, 0.4) is 0 Å². The van der Waals surface area contributed by atoms with Crippen molar-refractivity contribution in [3.63, 3.8) is 0 Å². The molecule has 100 valence electrons. The van der Waals surface area contributed by atoms with Gasteiger partial charge in [-0.15, -0.1) is 0 Å². The molecule has 0 spiro atoms. The molecule has 1 atom stereocenters. The number of hydrogen-bond acceptors (Lipinski definition) is 3. The first-order valence-electron chi connectivity index (χ1n) is 6.25. The molecule has 0 fully saturated rings. The van der Waals surface area contributed by atoms with Gasteiger partial charge in [-0.1, -0.05) is 19.1 Å². The second-order valence-electron chi connectivity index (χ2n) is 4.43. The molecule has 0 aromatic heterocycles. The SMILES string of the molecule is CSC(C)CCNC(=O)CCc1ccc(N)cc1. The second-order valence-corrected chi connectivity index (χ2v) is 5.70. The number of rotatable bonds is 7. The fourth-order valence-corrected chi connectivity index (χ4v) is 1.92. The van der Waals surface area contributed by atoms with Crippen LogP contribution in [0, 0.1) is 0 Å². The molecule has 1 rings (SSSR count). The van der Waals surface area contributed by atoms with Gasteiger partial charge in [-0.05, 0) is 36.8 Å². The molecule has 18 heavy (non-hydrogen) atoms. The van der Waals surface area contributed by atoms with Crippen molar-refractivity contribution < 1.29 is 4.79 Å². The Morgan fingerprint density at radius 1 is 1.39 bits per heavy atom. The van der Waals surface area contributed by atoms with Crippen LogP contribution in [-0.2, 0) is 11.2 Å². The minimum absolute atomic E-state index is 0.125. The van der Waals surface area contributed by atoms with Crippen LogP contribution in [0.25, 0.3) is 0 Å². The molecule has 1 aromatic rings. The maximum absolute atomic E-state index is 11.6. The summed E-state index contributed by atoms with van der Waals surface area (Å²) in [6.45, 7) is 2.94. The maximum atomic E-state index is 11.6. The molecule has 1 amide bonds. The summed E-state index contributed by atoms with van der Waals surface area (Å²) >= 11 is 1.82. The summed E-state index contributed by atoms with van der Waals surface area (Å²) in [4.78, 5) is 11.6. The molecule has 3 nitrogen and oxygen atoms in total. The van der Waals surface area contributed by atoms with E-state index in [9.17, 15) is 4.79 Å². The van der Waals surface area contributed by atoms with Gasteiger partial charge in [-0.3, -0.25) is 4.79 Å². The van der Waals surface area contributed by atoms with Gasteiger partial charge in [0.25, 0.3) is 0 Å². The first-order chi connectivity index (χ1) is 8.61. The average molecular weight is 266 g/mol. The molecule has 1 aromatic carbocycles. The quantitative estimate of drug-likeness (QED) is 0.745. The van der Waals surface area contributed by atoms with Crippen molar-refractivity contribution in [3.8, 4) is 0 Å². The molecule has 0 aliphatic rings. The molecule has 0 radical (unpaired) electrons. The van der Waals surface area contributed by atoms with Gasteiger partial charge in [-0.2, -0.15) is 11.8 Å². The largest absolute Gasteiger partial charge is 0.399 e. The summed E-state index contributed by atoms with van der Waals surface area (Å²) in [7, 11) is 0. The monoisotopic (exact) mass is 266 g/mol. The molecule has 0 aliphatic heterocycles. The summed E-state index contributed by atoms with van der Waals surface area (Å²) in [6.07, 6.45) is 4.42. The highest BCUT2D eigenvalue weighted by atomic mass is 32.2. The van der Waals surface area contributed by atoms with E-state index in [1.54, 1.807) is 0 Å². The lowest BCUT2D eigenvalue weighted by Gasteiger charge is -2.09. The van der Waals surface area contributed by atoms with Crippen molar-refractivity contribution >= 4 is 23.4 Å². The van der Waals surface area contributed by atoms with Crippen LogP contribution in [-0.4, -0.2) is 24.0 Å². The third kappa shape index (κ3) is 5.96. The Hall–Kier alpha value is -1.16. The molecule has 3 N–H and O–H groups in total. The van der Waals surface area contributed by atoms with Gasteiger partial charge >= 0.3 is 0 Å². The van der Waals surface area contributed by atoms with Crippen molar-refractivity contribution in [2.24, 2.45) is 0 Å². The summed E-state index contributed by atoms with van der Waals surface area (Å²) in [5.74, 6) is 0.125. The topological polar surface area (TPSA) is 55.1 Å². The van der Waals surface area contributed by atoms with E-state index in [-0.39, 0.29) is 5.91 Å². The number of hydrogen-bond donors (Lipinski definition) is 2. The normalized spacial score (nSPS) is 12.1. The number of nitrogen functional groups attached to an aromatic ring is 1. The minimum Gasteiger partial charge on any atom is -0.399 e. The smallest absolute Gasteiger partial charge is 0.220 e. The van der Waals surface area contributed by atoms with E-state index in [1.165, 1.54) is 0 Å². The van der Waals surface area contributed by atoms with E-state index < -0.39 is 0 Å². The van der Waals surface area contributed by atoms with Crippen LogP contribution in [0.5, 0.6) is 0 Å². The van der Waals surface area contributed by atoms with E-state index in [0.29, 0.717) is 11.7 Å². The number of anilines is 1. The Bertz CT molecular complexity index is 365. The van der Waals surface area contributed by atoms with Crippen LogP contribution in [0.15, 0.2) is 24.3 Å². The molecule has 0 aliphatic carbocycles. The number of nitrogens with two attached hydrogens (primary N) is 1. The Morgan fingerprint density at radius 2 is 2.06 bits per heavy atom. The number of thioether (sulfide) groups is 1. The summed E-state index contributed by atoms with van der Waals surface area (Å²) < 4.78 is 0. The Labute approximate surface area is 114 Å². The van der Waals surface area contributed by atoms with Crippen molar-refractivity contribution in [3.05, 3.63) is 29.8 Å². The minimum atomic E-state index is 0.125. The Morgan fingerprint density at radius 3 is 2.67 bits per heavy atom. The fourth-order valence-electron chi connectivity index (χ4n) is 1.56. The first kappa shape index (κ1) is 14.9. The average Bonchev–Trinajstić information content (AvgIpc) is 2.38. The number of aryl methyl sites for hydroxylation is 1. The third-order valence-electron chi connectivity index (χ3n) is 2.90. The van der Waals surface area contributed by atoms with Crippen molar-refractivity contribution in [2.75, 3.05) is 18.5 Å². The van der Waals surface area contributed by atoms with Crippen LogP contribution >= 0.6 is 11.8 Å². The van der Waals surface area contributed by atoms with Crippen molar-refractivity contribution in [1.29, 1.82) is 0 Å². The van der Waals surface area contributed by atoms with E-state index in [2.05, 4.69) is 18.5 Å². The molecule has 4 heteroatoms. The van der Waals surface area contributed by atoms with E-state index in [4.69, 9.17) is 5.73 Å². The van der Waals surface area contributed by atoms with Gasteiger partial charge in [-0.25, -0.2) is 0 Å². The number of amides is 1. The van der Waals surface area contributed by atoms with E-state index in [1.807, 2.05) is 36.0 Å². The van der Waals surface area contributed by atoms with Gasteiger partial charge in [0, 0.05) is 23.9 Å². The van der Waals surface area contributed by atoms with Gasteiger partial charge < -0.3 is 11.1 Å². The summed E-state index contributed by atoms with van der Waals surface area (Å²) in [6, 6.07) is 7.68. The second kappa shape index (κ2) is 8.03. The van der Waals surface area contributed by atoms with Gasteiger partial charge in [0.2, 0.25) is 5.91 Å². The van der Waals surface area contributed by atoms with Crippen LogP contribution in [0.2, 0.25) is 0 Å². The van der Waals surface area contributed by atoms with Crippen LogP contribution < -0.4 is 11.1 Å². The zero-order valence-corrected chi connectivity index (χ0v) is 11.9. The van der Waals surface area contributed by atoms with Crippen LogP contribution in [0.4, 0.5) is 5.69 Å². The zero-order valence-electron chi connectivity index (χ0n) is 11.1. The van der Waals surface area contributed by atoms with Gasteiger partial charge in [0.1, 0.15) is 0 Å². The fraction of sp³-hybridized carbons (Fsp3) is 0.500. The molecular weight excluding hydrogens is 244 g/mol. The maximum Gasteiger partial charge on any atom is 0.220 e. The Balaban J connectivity index is 2.19. The molecule has 1 unspecified atom stereocenters. The molecular formula is C14H22N2OS. The lowest BCUT2D eigenvalue weighted by Crippen LogP contribution is -2.26. The molecule has 0 saturated heterocycles. The van der Waals surface area contributed by atoms with Gasteiger partial charge in [0.05, 0.1) is 0 Å². The highest BCUT2D eigenvalue weighted by Crippen LogP contribution is 2.09. The molecule has 0 heterocycles. The molecule has 0 saturated carbocycles. The lowest BCUT2D eigenvalue weighted by atomic mass is 10.1. The third-order valence-corrected chi connectivity index (χ3v) is 3.94. The van der Waals surface area contributed by atoms with Crippen molar-refractivity contribution in [1.82, 2.24) is 5.32 Å². The van der Waals surface area contributed by atoms with E-state index >= 15 is 0 Å². The number of carbonyl (C=O) groups excluding carboxylic acids is 1. The van der Waals surface area contributed by atoms with Crippen LogP contribution in [0.1, 0.15) is 25.3 Å². The predicted octanol–water partition coefficient (Wildman–Crippen LogP) is 2.46. The Kier molecular flexibility index (Phi) is 6.65. The standard InChI is InChI=1S/C14H22N2OS/c1-11(18-2)9-10-16-14(17)8-5-12-3-6-13(15)7-4-12/h3-4,6-7,11H,5,8-10,15H2,1-2H3,(H,16,17). The van der Waals surface area contributed by atoms with Gasteiger partial charge in [0.15, 0.2) is 0 Å². The van der Waals surface area contributed by atoms with E-state index in [0.717, 1.165) is 30.6 Å². The highest BCUT2D eigenvalue weighted by molar-refractivity contribution is 7.99.